The average molecular weight is 432 g/mol. The van der Waals surface area contributed by atoms with E-state index in [-0.39, 0.29) is 42.9 Å². The minimum atomic E-state index is -0.391. The van der Waals surface area contributed by atoms with Crippen LogP contribution in [0.1, 0.15) is 22.0 Å². The molecule has 1 saturated heterocycles. The molecule has 2 aliphatic rings. The molecule has 3 aromatic rings. The van der Waals surface area contributed by atoms with E-state index in [0.29, 0.717) is 11.4 Å². The van der Waals surface area contributed by atoms with Gasteiger partial charge in [0.1, 0.15) is 11.5 Å². The molecule has 1 aromatic heterocycles. The van der Waals surface area contributed by atoms with Crippen molar-refractivity contribution in [1.29, 1.82) is 0 Å². The van der Waals surface area contributed by atoms with Gasteiger partial charge in [-0.05, 0) is 48.0 Å². The Hall–Kier alpha value is -3.78. The highest BCUT2D eigenvalue weighted by atomic mass is 19.1. The number of carbonyl (C=O) groups excluding carboxylic acids is 2. The van der Waals surface area contributed by atoms with Crippen LogP contribution in [0.5, 0.6) is 0 Å². The van der Waals surface area contributed by atoms with E-state index in [1.165, 1.54) is 24.3 Å². The monoisotopic (exact) mass is 432 g/mol. The van der Waals surface area contributed by atoms with Crippen molar-refractivity contribution >= 4 is 23.3 Å². The quantitative estimate of drug-likeness (QED) is 0.665. The predicted octanol–water partition coefficient (Wildman–Crippen LogP) is 3.24. The van der Waals surface area contributed by atoms with E-state index in [4.69, 9.17) is 0 Å². The van der Waals surface area contributed by atoms with Crippen molar-refractivity contribution in [1.82, 2.24) is 9.88 Å². The lowest BCUT2D eigenvalue weighted by atomic mass is 9.72. The number of rotatable bonds is 3. The number of aliphatic hydroxyl groups is 1. The molecule has 32 heavy (non-hydrogen) atoms. The number of fused-ring (bicyclic) bond motifs is 3. The van der Waals surface area contributed by atoms with Crippen molar-refractivity contribution in [3.8, 4) is 0 Å². The number of nitrogens with one attached hydrogen (secondary N) is 1. The number of anilines is 2. The Morgan fingerprint density at radius 1 is 1.06 bits per heavy atom. The number of hydrogen-bond donors (Lipinski definition) is 2. The summed E-state index contributed by atoms with van der Waals surface area (Å²) >= 11 is 0. The summed E-state index contributed by atoms with van der Waals surface area (Å²) in [6.45, 7) is 0.0830. The van der Waals surface area contributed by atoms with E-state index >= 15 is 0 Å². The number of para-hydroxylation sites is 1. The Balaban J connectivity index is 1.46. The number of benzene rings is 2. The average Bonchev–Trinajstić information content (AvgIpc) is 2.81. The van der Waals surface area contributed by atoms with Gasteiger partial charge in [0.25, 0.3) is 5.91 Å². The first-order valence-electron chi connectivity index (χ1n) is 10.4. The highest BCUT2D eigenvalue weighted by molar-refractivity contribution is 6.03. The fraction of sp³-hybridized carbons (Fsp3) is 0.208. The van der Waals surface area contributed by atoms with Crippen molar-refractivity contribution in [2.45, 2.75) is 18.0 Å². The normalized spacial score (nSPS) is 21.2. The van der Waals surface area contributed by atoms with Gasteiger partial charge in [-0.1, -0.05) is 24.3 Å². The van der Waals surface area contributed by atoms with Crippen LogP contribution in [0, 0.1) is 5.82 Å². The van der Waals surface area contributed by atoms with Crippen LogP contribution in [-0.4, -0.2) is 52.2 Å². The zero-order chi connectivity index (χ0) is 22.2. The van der Waals surface area contributed by atoms with Gasteiger partial charge in [0.2, 0.25) is 0 Å². The predicted molar refractivity (Wildman–Crippen MR) is 117 cm³/mol. The van der Waals surface area contributed by atoms with Crippen molar-refractivity contribution in [2.24, 2.45) is 0 Å². The molecule has 3 heterocycles. The van der Waals surface area contributed by atoms with Crippen LogP contribution in [-0.2, 0) is 0 Å². The van der Waals surface area contributed by atoms with Gasteiger partial charge in [0.05, 0.1) is 18.7 Å². The fourth-order valence-electron chi connectivity index (χ4n) is 4.70. The minimum Gasteiger partial charge on any atom is -0.394 e. The third kappa shape index (κ3) is 3.29. The van der Waals surface area contributed by atoms with Crippen LogP contribution in [0.2, 0.25) is 0 Å². The number of halogens is 1. The van der Waals surface area contributed by atoms with E-state index < -0.39 is 6.04 Å². The molecule has 0 bridgehead atoms. The molecule has 3 atom stereocenters. The summed E-state index contributed by atoms with van der Waals surface area (Å²) in [6.07, 6.45) is 1.55. The summed E-state index contributed by atoms with van der Waals surface area (Å²) in [5.74, 6) is -0.745. The van der Waals surface area contributed by atoms with E-state index in [0.717, 1.165) is 11.3 Å². The maximum Gasteiger partial charge on any atom is 0.326 e. The summed E-state index contributed by atoms with van der Waals surface area (Å²) in [6, 6.07) is 17.1. The van der Waals surface area contributed by atoms with Gasteiger partial charge < -0.3 is 15.3 Å². The number of urea groups is 1. The van der Waals surface area contributed by atoms with Crippen LogP contribution < -0.4 is 10.2 Å². The number of likely N-dealkylation sites (tertiary alicyclic amines) is 1. The number of aliphatic hydroxyl groups excluding tert-OH is 1. The Bertz CT molecular complexity index is 1160. The molecule has 0 saturated carbocycles. The Labute approximate surface area is 184 Å². The number of aromatic nitrogens is 1. The van der Waals surface area contributed by atoms with Crippen molar-refractivity contribution in [3.05, 3.63) is 90.0 Å². The van der Waals surface area contributed by atoms with Crippen LogP contribution in [0.3, 0.4) is 0 Å². The molecule has 5 rings (SSSR count). The van der Waals surface area contributed by atoms with Gasteiger partial charge in [0.15, 0.2) is 0 Å². The third-order valence-corrected chi connectivity index (χ3v) is 6.15. The van der Waals surface area contributed by atoms with Gasteiger partial charge >= 0.3 is 6.03 Å². The molecule has 2 aromatic carbocycles. The van der Waals surface area contributed by atoms with Crippen molar-refractivity contribution < 1.29 is 19.1 Å². The highest BCUT2D eigenvalue weighted by Crippen LogP contribution is 2.48. The van der Waals surface area contributed by atoms with Gasteiger partial charge in [-0.25, -0.2) is 9.18 Å². The lowest BCUT2D eigenvalue weighted by Gasteiger charge is -2.58. The number of amides is 3. The van der Waals surface area contributed by atoms with Crippen molar-refractivity contribution in [2.75, 3.05) is 23.4 Å². The summed E-state index contributed by atoms with van der Waals surface area (Å²) in [5, 5.41) is 12.9. The molecule has 0 spiro atoms. The number of carbonyl (C=O) groups is 2. The van der Waals surface area contributed by atoms with E-state index in [1.807, 2.05) is 24.3 Å². The zero-order valence-electron chi connectivity index (χ0n) is 17.1. The maximum absolute atomic E-state index is 13.2. The van der Waals surface area contributed by atoms with E-state index in [9.17, 15) is 19.1 Å². The second-order valence-corrected chi connectivity index (χ2v) is 7.88. The molecule has 0 unspecified atom stereocenters. The molecule has 0 aliphatic carbocycles. The molecule has 0 radical (unpaired) electrons. The largest absolute Gasteiger partial charge is 0.394 e. The van der Waals surface area contributed by atoms with Crippen LogP contribution >= 0.6 is 0 Å². The van der Waals surface area contributed by atoms with Crippen LogP contribution in [0.4, 0.5) is 20.6 Å². The van der Waals surface area contributed by atoms with Gasteiger partial charge in [-0.2, -0.15) is 0 Å². The minimum absolute atomic E-state index is 0.0845. The zero-order valence-corrected chi connectivity index (χ0v) is 17.1. The molecule has 2 N–H and O–H groups in total. The Morgan fingerprint density at radius 2 is 1.81 bits per heavy atom. The first kappa shape index (κ1) is 20.1. The molecular formula is C24H21FN4O3. The van der Waals surface area contributed by atoms with Crippen LogP contribution in [0.15, 0.2) is 72.9 Å². The molecule has 162 valence electrons. The second-order valence-electron chi connectivity index (χ2n) is 7.88. The first-order valence-corrected chi connectivity index (χ1v) is 10.4. The Morgan fingerprint density at radius 3 is 2.53 bits per heavy atom. The smallest absolute Gasteiger partial charge is 0.326 e. The second kappa shape index (κ2) is 8.05. The summed E-state index contributed by atoms with van der Waals surface area (Å²) in [4.78, 5) is 33.7. The SMILES string of the molecule is O=C(Nc1ccc(F)cc1)N1C[C@@H]2[C@H](c3ccccc31)[C@@H](CO)N2C(=O)c1ccccn1. The van der Waals surface area contributed by atoms with Gasteiger partial charge in [-0.3, -0.25) is 14.7 Å². The first-order chi connectivity index (χ1) is 15.6. The standard InChI is InChI=1S/C24H21FN4O3/c25-15-8-10-16(11-9-15)27-24(32)28-13-20-22(17-5-1-2-7-19(17)28)21(14-30)29(20)23(31)18-6-3-4-12-26-18/h1-12,20-22,30H,13-14H2,(H,27,32)/t20-,21-,22+/m1/s1. The maximum atomic E-state index is 13.2. The number of pyridine rings is 1. The third-order valence-electron chi connectivity index (χ3n) is 6.15. The number of nitrogens with zero attached hydrogens (tertiary/aromatic N) is 3. The summed E-state index contributed by atoms with van der Waals surface area (Å²) < 4.78 is 13.2. The Kier molecular flexibility index (Phi) is 5.07. The van der Waals surface area contributed by atoms with Crippen molar-refractivity contribution in [3.63, 3.8) is 0 Å². The summed E-state index contributed by atoms with van der Waals surface area (Å²) in [7, 11) is 0. The topological polar surface area (TPSA) is 85.8 Å². The summed E-state index contributed by atoms with van der Waals surface area (Å²) in [5.41, 5.74) is 2.41. The van der Waals surface area contributed by atoms with E-state index in [1.54, 1.807) is 34.2 Å². The number of hydrogen-bond acceptors (Lipinski definition) is 4. The molecule has 2 aliphatic heterocycles. The van der Waals surface area contributed by atoms with Crippen LogP contribution in [0.25, 0.3) is 0 Å². The van der Waals surface area contributed by atoms with Gasteiger partial charge in [-0.15, -0.1) is 0 Å². The van der Waals surface area contributed by atoms with Gasteiger partial charge in [0, 0.05) is 30.0 Å². The fourth-order valence-corrected chi connectivity index (χ4v) is 4.70. The molecule has 3 amide bonds. The molecular weight excluding hydrogens is 411 g/mol. The highest BCUT2D eigenvalue weighted by Gasteiger charge is 2.55. The lowest BCUT2D eigenvalue weighted by Crippen LogP contribution is -2.71. The molecule has 8 heteroatoms. The lowest BCUT2D eigenvalue weighted by molar-refractivity contribution is -0.0245. The molecule has 1 fully saturated rings. The van der Waals surface area contributed by atoms with E-state index in [2.05, 4.69) is 10.3 Å². The molecule has 7 nitrogen and oxygen atoms in total.